The second-order valence-electron chi connectivity index (χ2n) is 3.36. The number of fused-ring (bicyclic) bond motifs is 3. The monoisotopic (exact) mass is 280 g/mol. The van der Waals surface area contributed by atoms with E-state index in [1.165, 1.54) is 0 Å². The highest BCUT2D eigenvalue weighted by Gasteiger charge is 2.09. The summed E-state index contributed by atoms with van der Waals surface area (Å²) in [7, 11) is 0. The number of rotatable bonds is 0. The third-order valence-electron chi connectivity index (χ3n) is 2.41. The van der Waals surface area contributed by atoms with Crippen LogP contribution < -0.4 is 0 Å². The summed E-state index contributed by atoms with van der Waals surface area (Å²) in [5, 5.41) is 2.75. The molecule has 0 aliphatic rings. The van der Waals surface area contributed by atoms with Crippen LogP contribution in [0.15, 0.2) is 45.3 Å². The molecule has 0 aliphatic carbocycles. The molecule has 1 nitrogen and oxygen atoms in total. The van der Waals surface area contributed by atoms with Crippen molar-refractivity contribution in [2.45, 2.75) is 0 Å². The van der Waals surface area contributed by atoms with Gasteiger partial charge in [0, 0.05) is 15.2 Å². The van der Waals surface area contributed by atoms with Crippen molar-refractivity contribution in [1.82, 2.24) is 0 Å². The van der Waals surface area contributed by atoms with E-state index in [0.717, 1.165) is 31.4 Å². The van der Waals surface area contributed by atoms with Gasteiger partial charge in [-0.1, -0.05) is 33.6 Å². The van der Waals surface area contributed by atoms with Gasteiger partial charge in [0.05, 0.1) is 5.02 Å². The predicted octanol–water partition coefficient (Wildman–Crippen LogP) is 5.00. The molecule has 0 N–H and O–H groups in total. The van der Waals surface area contributed by atoms with Crippen molar-refractivity contribution < 1.29 is 4.42 Å². The number of furan rings is 1. The Hall–Kier alpha value is -0.990. The van der Waals surface area contributed by atoms with E-state index < -0.39 is 0 Å². The minimum atomic E-state index is 0.726. The van der Waals surface area contributed by atoms with Gasteiger partial charge in [0.15, 0.2) is 0 Å². The van der Waals surface area contributed by atoms with Gasteiger partial charge < -0.3 is 4.42 Å². The van der Waals surface area contributed by atoms with Crippen molar-refractivity contribution in [2.24, 2.45) is 0 Å². The highest BCUT2D eigenvalue weighted by molar-refractivity contribution is 9.10. The summed E-state index contributed by atoms with van der Waals surface area (Å²) in [6.45, 7) is 0. The van der Waals surface area contributed by atoms with E-state index in [-0.39, 0.29) is 0 Å². The predicted molar refractivity (Wildman–Crippen MR) is 66.4 cm³/mol. The van der Waals surface area contributed by atoms with E-state index in [1.54, 1.807) is 0 Å². The fourth-order valence-electron chi connectivity index (χ4n) is 1.76. The highest BCUT2D eigenvalue weighted by Crippen LogP contribution is 2.34. The van der Waals surface area contributed by atoms with Crippen LogP contribution in [0.1, 0.15) is 0 Å². The van der Waals surface area contributed by atoms with Gasteiger partial charge in [-0.3, -0.25) is 0 Å². The molecule has 1 aromatic heterocycles. The van der Waals surface area contributed by atoms with Crippen molar-refractivity contribution in [2.75, 3.05) is 0 Å². The maximum atomic E-state index is 6.15. The first kappa shape index (κ1) is 9.25. The van der Waals surface area contributed by atoms with E-state index in [0.29, 0.717) is 0 Å². The van der Waals surface area contributed by atoms with Crippen molar-refractivity contribution in [1.29, 1.82) is 0 Å². The summed E-state index contributed by atoms with van der Waals surface area (Å²) < 4.78 is 6.71. The fourth-order valence-corrected chi connectivity index (χ4v) is 2.38. The summed E-state index contributed by atoms with van der Waals surface area (Å²) in [5.74, 6) is 0. The first-order valence-electron chi connectivity index (χ1n) is 4.52. The minimum absolute atomic E-state index is 0.726. The van der Waals surface area contributed by atoms with Gasteiger partial charge in [-0.2, -0.15) is 0 Å². The molecule has 0 bridgehead atoms. The molecule has 0 amide bonds. The minimum Gasteiger partial charge on any atom is -0.456 e. The van der Waals surface area contributed by atoms with Crippen LogP contribution in [-0.2, 0) is 0 Å². The molecule has 2 aromatic carbocycles. The first-order chi connectivity index (χ1) is 7.25. The summed E-state index contributed by atoms with van der Waals surface area (Å²) in [6, 6.07) is 11.6. The molecule has 1 heterocycles. The Morgan fingerprint density at radius 3 is 2.80 bits per heavy atom. The summed E-state index contributed by atoms with van der Waals surface area (Å²) in [5.41, 5.74) is 1.69. The van der Waals surface area contributed by atoms with Gasteiger partial charge in [0.1, 0.15) is 11.2 Å². The zero-order chi connectivity index (χ0) is 10.4. The van der Waals surface area contributed by atoms with Crippen LogP contribution in [0.2, 0.25) is 5.02 Å². The molecule has 0 saturated heterocycles. The standard InChI is InChI=1S/C12H6BrClO/c13-7-4-5-10-8(6-7)12-9(14)2-1-3-11(12)15-10/h1-6H. The molecule has 0 spiro atoms. The smallest absolute Gasteiger partial charge is 0.136 e. The maximum absolute atomic E-state index is 6.15. The Morgan fingerprint density at radius 1 is 1.07 bits per heavy atom. The molecule has 0 radical (unpaired) electrons. The zero-order valence-corrected chi connectivity index (χ0v) is 9.97. The van der Waals surface area contributed by atoms with Crippen LogP contribution in [0.5, 0.6) is 0 Å². The lowest BCUT2D eigenvalue weighted by atomic mass is 10.1. The molecule has 3 aromatic rings. The van der Waals surface area contributed by atoms with Crippen LogP contribution in [0.3, 0.4) is 0 Å². The molecule has 0 unspecified atom stereocenters. The van der Waals surface area contributed by atoms with Crippen LogP contribution in [0.4, 0.5) is 0 Å². The van der Waals surface area contributed by atoms with Crippen molar-refractivity contribution in [3.63, 3.8) is 0 Å². The number of hydrogen-bond acceptors (Lipinski definition) is 1. The van der Waals surface area contributed by atoms with Crippen molar-refractivity contribution in [3.8, 4) is 0 Å². The van der Waals surface area contributed by atoms with E-state index in [4.69, 9.17) is 16.0 Å². The van der Waals surface area contributed by atoms with E-state index >= 15 is 0 Å². The molecule has 0 aliphatic heterocycles. The van der Waals surface area contributed by atoms with Gasteiger partial charge in [-0.25, -0.2) is 0 Å². The van der Waals surface area contributed by atoms with Gasteiger partial charge >= 0.3 is 0 Å². The van der Waals surface area contributed by atoms with Crippen LogP contribution >= 0.6 is 27.5 Å². The summed E-state index contributed by atoms with van der Waals surface area (Å²) >= 11 is 9.60. The van der Waals surface area contributed by atoms with Crippen LogP contribution in [0.25, 0.3) is 21.9 Å². The zero-order valence-electron chi connectivity index (χ0n) is 7.63. The lowest BCUT2D eigenvalue weighted by Gasteiger charge is -1.92. The van der Waals surface area contributed by atoms with Crippen LogP contribution in [-0.4, -0.2) is 0 Å². The quantitative estimate of drug-likeness (QED) is 0.565. The summed E-state index contributed by atoms with van der Waals surface area (Å²) in [4.78, 5) is 0. The molecule has 74 valence electrons. The second kappa shape index (κ2) is 3.26. The topological polar surface area (TPSA) is 13.1 Å². The molecule has 0 fully saturated rings. The molecule has 15 heavy (non-hydrogen) atoms. The van der Waals surface area contributed by atoms with E-state index in [9.17, 15) is 0 Å². The first-order valence-corrected chi connectivity index (χ1v) is 5.69. The Bertz CT molecular complexity index is 657. The lowest BCUT2D eigenvalue weighted by molar-refractivity contribution is 0.669. The third-order valence-corrected chi connectivity index (χ3v) is 3.21. The maximum Gasteiger partial charge on any atom is 0.136 e. The third kappa shape index (κ3) is 1.36. The highest BCUT2D eigenvalue weighted by atomic mass is 79.9. The molecule has 3 heteroatoms. The Morgan fingerprint density at radius 2 is 1.93 bits per heavy atom. The van der Waals surface area contributed by atoms with Crippen LogP contribution in [0, 0.1) is 0 Å². The van der Waals surface area contributed by atoms with Crippen molar-refractivity contribution >= 4 is 49.5 Å². The van der Waals surface area contributed by atoms with E-state index in [2.05, 4.69) is 15.9 Å². The number of benzene rings is 2. The van der Waals surface area contributed by atoms with Gasteiger partial charge in [0.2, 0.25) is 0 Å². The number of halogens is 2. The van der Waals surface area contributed by atoms with Gasteiger partial charge in [-0.05, 0) is 30.3 Å². The molecular weight excluding hydrogens is 275 g/mol. The Kier molecular flexibility index (Phi) is 2.01. The second-order valence-corrected chi connectivity index (χ2v) is 4.68. The van der Waals surface area contributed by atoms with Gasteiger partial charge in [-0.15, -0.1) is 0 Å². The molecule has 0 saturated carbocycles. The fraction of sp³-hybridized carbons (Fsp3) is 0. The van der Waals surface area contributed by atoms with Crippen molar-refractivity contribution in [3.05, 3.63) is 45.9 Å². The Labute approximate surface area is 99.8 Å². The molecule has 0 atom stereocenters. The largest absolute Gasteiger partial charge is 0.456 e. The Balaban J connectivity index is 2.61. The average Bonchev–Trinajstić information content (AvgIpc) is 2.57. The SMILES string of the molecule is Clc1cccc2oc3ccc(Br)cc3c12. The normalized spacial score (nSPS) is 11.3. The average molecular weight is 282 g/mol. The van der Waals surface area contributed by atoms with Gasteiger partial charge in [0.25, 0.3) is 0 Å². The molecule has 3 rings (SSSR count). The number of hydrogen-bond donors (Lipinski definition) is 0. The van der Waals surface area contributed by atoms with E-state index in [1.807, 2.05) is 36.4 Å². The summed E-state index contributed by atoms with van der Waals surface area (Å²) in [6.07, 6.45) is 0. The molecular formula is C12H6BrClO. The lowest BCUT2D eigenvalue weighted by Crippen LogP contribution is -1.69.